The molecule has 0 bridgehead atoms. The molecule has 0 unspecified atom stereocenters. The fourth-order valence-corrected chi connectivity index (χ4v) is 6.17. The maximum Gasteiger partial charge on any atom is 0.229 e. The van der Waals surface area contributed by atoms with Crippen LogP contribution in [0, 0.1) is 0 Å². The third kappa shape index (κ3) is 6.72. The summed E-state index contributed by atoms with van der Waals surface area (Å²) < 4.78 is 33.7. The van der Waals surface area contributed by atoms with E-state index in [2.05, 4.69) is 0 Å². The Kier molecular flexibility index (Phi) is 10.8. The fourth-order valence-electron chi connectivity index (χ4n) is 6.17. The molecule has 0 saturated carbocycles. The summed E-state index contributed by atoms with van der Waals surface area (Å²) in [5.74, 6) is -0.393. The van der Waals surface area contributed by atoms with Gasteiger partial charge in [-0.3, -0.25) is 4.79 Å². The van der Waals surface area contributed by atoms with Crippen molar-refractivity contribution in [2.24, 2.45) is 0 Å². The van der Waals surface area contributed by atoms with Gasteiger partial charge in [0.2, 0.25) is 6.29 Å². The molecular weight excluding hydrogens is 672 g/mol. The zero-order valence-corrected chi connectivity index (χ0v) is 26.0. The number of benzene rings is 2. The Labute approximate surface area is 282 Å². The number of rotatable bonds is 8. The molecule has 14 atom stereocenters. The average molecular weight is 711 g/mol. The molecule has 18 heteroatoms. The van der Waals surface area contributed by atoms with E-state index in [1.165, 1.54) is 36.4 Å². The van der Waals surface area contributed by atoms with Crippen LogP contribution >= 0.6 is 0 Å². The van der Waals surface area contributed by atoms with Crippen molar-refractivity contribution in [3.63, 3.8) is 0 Å². The summed E-state index contributed by atoms with van der Waals surface area (Å²) in [6.45, 7) is -1.81. The number of ether oxygens (including phenoxy) is 5. The minimum Gasteiger partial charge on any atom is -0.507 e. The molecule has 0 spiro atoms. The lowest BCUT2D eigenvalue weighted by Gasteiger charge is -2.45. The molecule has 3 aliphatic rings. The van der Waals surface area contributed by atoms with E-state index < -0.39 is 117 Å². The van der Waals surface area contributed by atoms with Crippen molar-refractivity contribution in [3.05, 3.63) is 58.3 Å². The number of phenols is 1. The molecule has 0 aliphatic carbocycles. The highest BCUT2D eigenvalue weighted by molar-refractivity contribution is 5.86. The Hall–Kier alpha value is -3.31. The fraction of sp³-hybridized carbons (Fsp3) is 0.531. The largest absolute Gasteiger partial charge is 0.507 e. The molecule has 18 nitrogen and oxygen atoms in total. The maximum absolute atomic E-state index is 13.4. The van der Waals surface area contributed by atoms with Crippen LogP contribution in [0.25, 0.3) is 22.3 Å². The Morgan fingerprint density at radius 2 is 1.36 bits per heavy atom. The number of aliphatic hydroxyl groups is 10. The van der Waals surface area contributed by atoms with E-state index in [1.807, 2.05) is 0 Å². The number of aliphatic hydroxyl groups excluding tert-OH is 10. The molecule has 274 valence electrons. The lowest BCUT2D eigenvalue weighted by atomic mass is 9.89. The highest BCUT2D eigenvalue weighted by Gasteiger charge is 2.50. The van der Waals surface area contributed by atoms with Crippen LogP contribution in [0.5, 0.6) is 11.5 Å². The predicted octanol–water partition coefficient (Wildman–Crippen LogP) is -3.68. The van der Waals surface area contributed by atoms with Gasteiger partial charge in [-0.25, -0.2) is 0 Å². The molecule has 3 fully saturated rings. The Balaban J connectivity index is 1.26. The second-order valence-corrected chi connectivity index (χ2v) is 12.3. The van der Waals surface area contributed by atoms with Gasteiger partial charge in [0.25, 0.3) is 0 Å². The van der Waals surface area contributed by atoms with Crippen LogP contribution in [-0.4, -0.2) is 156 Å². The van der Waals surface area contributed by atoms with Gasteiger partial charge in [0, 0.05) is 17.2 Å². The van der Waals surface area contributed by atoms with Crippen molar-refractivity contribution in [2.75, 3.05) is 19.8 Å². The molecule has 6 rings (SSSR count). The molecule has 0 radical (unpaired) electrons. The SMILES string of the molecule is O=c1cc(-c2ccc(O[C@@H]3O[C@@H](CO)[C@@H](O)[C@H](O)[C@@H]3O)cc2)oc2ccc([C@@H]3O[C@H](CO)[C@@H](O)[C@@H](O)[C@H]3O[C@H]3OC[C@@H](O)[C@H](O)[C@H]3O)c(O)c12. The van der Waals surface area contributed by atoms with Crippen LogP contribution in [0.15, 0.2) is 51.7 Å². The molecule has 2 aromatic carbocycles. The molecule has 3 aliphatic heterocycles. The van der Waals surface area contributed by atoms with E-state index in [0.717, 1.165) is 6.07 Å². The van der Waals surface area contributed by atoms with E-state index in [1.54, 1.807) is 0 Å². The first-order valence-corrected chi connectivity index (χ1v) is 15.7. The van der Waals surface area contributed by atoms with Crippen LogP contribution in [-0.2, 0) is 18.9 Å². The van der Waals surface area contributed by atoms with Crippen molar-refractivity contribution >= 4 is 11.0 Å². The predicted molar refractivity (Wildman–Crippen MR) is 163 cm³/mol. The number of aromatic hydroxyl groups is 1. The van der Waals surface area contributed by atoms with Gasteiger partial charge >= 0.3 is 0 Å². The first-order chi connectivity index (χ1) is 23.8. The zero-order chi connectivity index (χ0) is 36.0. The van der Waals surface area contributed by atoms with E-state index in [9.17, 15) is 61.0 Å². The summed E-state index contributed by atoms with van der Waals surface area (Å²) in [5, 5.41) is 112. The molecule has 0 amide bonds. The third-order valence-electron chi connectivity index (χ3n) is 9.06. The zero-order valence-electron chi connectivity index (χ0n) is 26.0. The lowest BCUT2D eigenvalue weighted by molar-refractivity contribution is -0.325. The molecule has 50 heavy (non-hydrogen) atoms. The molecule has 3 saturated heterocycles. The summed E-state index contributed by atoms with van der Waals surface area (Å²) in [6, 6.07) is 9.66. The van der Waals surface area contributed by atoms with Crippen LogP contribution in [0.1, 0.15) is 11.7 Å². The van der Waals surface area contributed by atoms with Crippen molar-refractivity contribution in [1.29, 1.82) is 0 Å². The smallest absolute Gasteiger partial charge is 0.229 e. The molecule has 1 aromatic heterocycles. The van der Waals surface area contributed by atoms with E-state index >= 15 is 0 Å². The van der Waals surface area contributed by atoms with E-state index in [4.69, 9.17) is 28.1 Å². The van der Waals surface area contributed by atoms with Crippen molar-refractivity contribution in [3.8, 4) is 22.8 Å². The van der Waals surface area contributed by atoms with Crippen LogP contribution < -0.4 is 10.2 Å². The van der Waals surface area contributed by atoms with E-state index in [0.29, 0.717) is 5.56 Å². The summed E-state index contributed by atoms with van der Waals surface area (Å²) in [7, 11) is 0. The van der Waals surface area contributed by atoms with Crippen molar-refractivity contribution < 1.29 is 84.3 Å². The van der Waals surface area contributed by atoms with Gasteiger partial charge in [-0.05, 0) is 36.4 Å². The first-order valence-electron chi connectivity index (χ1n) is 15.7. The van der Waals surface area contributed by atoms with Crippen LogP contribution in [0.4, 0.5) is 0 Å². The highest BCUT2D eigenvalue weighted by atomic mass is 16.7. The first kappa shape index (κ1) is 36.5. The van der Waals surface area contributed by atoms with Gasteiger partial charge in [-0.15, -0.1) is 0 Å². The van der Waals surface area contributed by atoms with Crippen molar-refractivity contribution in [2.45, 2.75) is 85.8 Å². The van der Waals surface area contributed by atoms with Gasteiger partial charge in [-0.1, -0.05) is 0 Å². The molecular formula is C32H38O18. The average Bonchev–Trinajstić information content (AvgIpc) is 3.11. The second-order valence-electron chi connectivity index (χ2n) is 12.3. The molecule has 11 N–H and O–H groups in total. The quantitative estimate of drug-likeness (QED) is 0.107. The summed E-state index contributed by atoms with van der Waals surface area (Å²) in [5.41, 5.74) is -0.490. The molecule has 4 heterocycles. The maximum atomic E-state index is 13.4. The third-order valence-corrected chi connectivity index (χ3v) is 9.06. The number of fused-ring (bicyclic) bond motifs is 1. The Morgan fingerprint density at radius 1 is 0.720 bits per heavy atom. The van der Waals surface area contributed by atoms with Gasteiger partial charge in [0.1, 0.15) is 101 Å². The van der Waals surface area contributed by atoms with Gasteiger partial charge < -0.3 is 84.3 Å². The minimum absolute atomic E-state index is 0.0638. The normalized spacial score (nSPS) is 37.9. The van der Waals surface area contributed by atoms with Crippen molar-refractivity contribution in [1.82, 2.24) is 0 Å². The topological polar surface area (TPSA) is 299 Å². The number of hydrogen-bond acceptors (Lipinski definition) is 18. The van der Waals surface area contributed by atoms with Crippen LogP contribution in [0.3, 0.4) is 0 Å². The molecule has 3 aromatic rings. The lowest BCUT2D eigenvalue weighted by Crippen LogP contribution is -2.60. The van der Waals surface area contributed by atoms with Crippen LogP contribution in [0.2, 0.25) is 0 Å². The summed E-state index contributed by atoms with van der Waals surface area (Å²) >= 11 is 0. The highest BCUT2D eigenvalue weighted by Crippen LogP contribution is 2.42. The summed E-state index contributed by atoms with van der Waals surface area (Å²) in [4.78, 5) is 13.4. The second kappa shape index (κ2) is 14.7. The van der Waals surface area contributed by atoms with Gasteiger partial charge in [-0.2, -0.15) is 0 Å². The minimum atomic E-state index is -1.78. The standard InChI is InChI=1S/C32H38O18/c33-8-18-24(40)26(42)30(50-31-27(43)22(38)15(36)10-45-31)29(48-18)13-5-6-16-20(21(13)37)14(35)7-17(47-16)11-1-3-12(4-2-11)46-32-28(44)25(41)23(39)19(9-34)49-32/h1-7,15,18-19,22-34,36-44H,8-10H2/t15-,18-,19+,22+,23-,24-,25+,26-,27-,28+,29+,30-,31-,32-/m1/s1. The monoisotopic (exact) mass is 710 g/mol. The van der Waals surface area contributed by atoms with Gasteiger partial charge in [0.15, 0.2) is 11.7 Å². The van der Waals surface area contributed by atoms with E-state index in [-0.39, 0.29) is 28.0 Å². The Bertz CT molecular complexity index is 1680. The Morgan fingerprint density at radius 3 is 2.04 bits per heavy atom. The number of hydrogen-bond donors (Lipinski definition) is 11. The number of phenolic OH excluding ortho intramolecular Hbond substituents is 1. The summed E-state index contributed by atoms with van der Waals surface area (Å²) in [6.07, 6.45) is -21.8. The van der Waals surface area contributed by atoms with Gasteiger partial charge in [0.05, 0.1) is 19.8 Å².